The highest BCUT2D eigenvalue weighted by molar-refractivity contribution is 6.40. The monoisotopic (exact) mass is 508 g/mol. The van der Waals surface area contributed by atoms with Crippen molar-refractivity contribution in [3.8, 4) is 0 Å². The average molecular weight is 508 g/mol. The average Bonchev–Trinajstić information content (AvgIpc) is 3.40. The molecule has 1 N–H and O–H groups in total. The second kappa shape index (κ2) is 6.96. The van der Waals surface area contributed by atoms with E-state index in [0.29, 0.717) is 43.6 Å². The molecule has 0 radical (unpaired) electrons. The third kappa shape index (κ3) is 2.61. The molecule has 8 rings (SSSR count). The van der Waals surface area contributed by atoms with E-state index in [9.17, 15) is 27.2 Å². The number of ketones is 2. The van der Waals surface area contributed by atoms with Crippen LogP contribution in [0.4, 0.5) is 17.6 Å². The minimum Gasteiger partial charge on any atom is -0.361 e. The molecule has 0 amide bonds. The third-order valence-electron chi connectivity index (χ3n) is 7.82. The fourth-order valence-electron chi connectivity index (χ4n) is 6.28. The number of fused-ring (bicyclic) bond motifs is 11. The minimum absolute atomic E-state index is 0.126. The van der Waals surface area contributed by atoms with Crippen molar-refractivity contribution in [1.29, 1.82) is 0 Å². The molecule has 1 unspecified atom stereocenters. The topological polar surface area (TPSA) is 76.6 Å². The van der Waals surface area contributed by atoms with Crippen LogP contribution in [0.1, 0.15) is 33.4 Å². The largest absolute Gasteiger partial charge is 0.361 e. The fourth-order valence-corrected chi connectivity index (χ4v) is 6.28. The Morgan fingerprint density at radius 2 is 1.62 bits per heavy atom. The van der Waals surface area contributed by atoms with E-state index in [1.54, 1.807) is 4.57 Å². The summed E-state index contributed by atoms with van der Waals surface area (Å²) >= 11 is 0. The number of nitrogens with one attached hydrogen (secondary N) is 1. The van der Waals surface area contributed by atoms with Crippen LogP contribution in [0, 0.1) is 11.6 Å². The van der Waals surface area contributed by atoms with Crippen molar-refractivity contribution in [2.24, 2.45) is 0 Å². The van der Waals surface area contributed by atoms with Gasteiger partial charge in [0, 0.05) is 38.2 Å². The maximum atomic E-state index is 14.6. The number of rotatable bonds is 2. The predicted octanol–water partition coefficient (Wildman–Crippen LogP) is 5.45. The number of Topliss-reactive ketones (excluding diaryl/α,β-unsaturated/α-hetero) is 2. The van der Waals surface area contributed by atoms with Gasteiger partial charge in [0.15, 0.2) is 24.0 Å². The Morgan fingerprint density at radius 3 is 2.38 bits per heavy atom. The second-order valence-electron chi connectivity index (χ2n) is 9.82. The number of ether oxygens (including phenoxy) is 2. The van der Waals surface area contributed by atoms with Gasteiger partial charge in [-0.05, 0) is 36.4 Å². The molecule has 3 aromatic carbocycles. The normalized spacial score (nSPS) is 27.1. The van der Waals surface area contributed by atoms with Crippen molar-refractivity contribution in [3.63, 3.8) is 0 Å². The summed E-state index contributed by atoms with van der Waals surface area (Å²) in [6.45, 7) is -1.07. The maximum absolute atomic E-state index is 14.6. The first kappa shape index (κ1) is 21.3. The first-order chi connectivity index (χ1) is 17.9. The number of hydrogen-bond acceptors (Lipinski definition) is 4. The summed E-state index contributed by atoms with van der Waals surface area (Å²) in [6, 6.07) is 8.08. The Labute approximate surface area is 204 Å². The van der Waals surface area contributed by atoms with Crippen molar-refractivity contribution in [3.05, 3.63) is 59.2 Å². The third-order valence-corrected chi connectivity index (χ3v) is 7.82. The van der Waals surface area contributed by atoms with Crippen molar-refractivity contribution in [1.82, 2.24) is 9.55 Å². The fraction of sp³-hybridized carbons (Fsp3) is 0.259. The van der Waals surface area contributed by atoms with Gasteiger partial charge in [-0.15, -0.1) is 0 Å². The zero-order chi connectivity index (χ0) is 25.3. The summed E-state index contributed by atoms with van der Waals surface area (Å²) < 4.78 is 70.3. The van der Waals surface area contributed by atoms with Crippen LogP contribution in [0.25, 0.3) is 43.6 Å². The molecule has 0 spiro atoms. The molecule has 37 heavy (non-hydrogen) atoms. The lowest BCUT2D eigenvalue weighted by atomic mass is 9.96. The Balaban J connectivity index is 1.59. The first-order valence-electron chi connectivity index (χ1n) is 11.8. The Hall–Kier alpha value is -3.76. The molecule has 186 valence electrons. The number of benzene rings is 3. The van der Waals surface area contributed by atoms with Crippen LogP contribution < -0.4 is 0 Å². The van der Waals surface area contributed by atoms with Crippen molar-refractivity contribution >= 4 is 55.2 Å². The lowest BCUT2D eigenvalue weighted by Gasteiger charge is -2.30. The second-order valence-corrected chi connectivity index (χ2v) is 9.82. The van der Waals surface area contributed by atoms with E-state index < -0.39 is 60.6 Å². The number of aromatic amines is 1. The molecule has 10 heteroatoms. The molecule has 5 atom stereocenters. The van der Waals surface area contributed by atoms with Crippen LogP contribution in [-0.2, 0) is 9.47 Å². The van der Waals surface area contributed by atoms with E-state index >= 15 is 0 Å². The van der Waals surface area contributed by atoms with Crippen molar-refractivity contribution < 1.29 is 36.6 Å². The summed E-state index contributed by atoms with van der Waals surface area (Å²) in [4.78, 5) is 29.6. The summed E-state index contributed by atoms with van der Waals surface area (Å²) in [6.07, 6.45) is -5.96. The zero-order valence-corrected chi connectivity index (χ0v) is 18.9. The van der Waals surface area contributed by atoms with E-state index in [0.717, 1.165) is 0 Å². The molecule has 0 bridgehead atoms. The van der Waals surface area contributed by atoms with Crippen LogP contribution in [0.3, 0.4) is 0 Å². The predicted molar refractivity (Wildman–Crippen MR) is 125 cm³/mol. The van der Waals surface area contributed by atoms with Gasteiger partial charge in [0.2, 0.25) is 0 Å². The molecular weight excluding hydrogens is 492 g/mol. The zero-order valence-electron chi connectivity index (χ0n) is 18.9. The van der Waals surface area contributed by atoms with Gasteiger partial charge < -0.3 is 19.0 Å². The van der Waals surface area contributed by atoms with Crippen LogP contribution in [0.15, 0.2) is 36.4 Å². The van der Waals surface area contributed by atoms with Crippen LogP contribution in [0.5, 0.6) is 0 Å². The minimum atomic E-state index is -1.64. The van der Waals surface area contributed by atoms with Gasteiger partial charge in [-0.3, -0.25) is 9.59 Å². The number of halogens is 4. The molecule has 2 saturated heterocycles. The van der Waals surface area contributed by atoms with Gasteiger partial charge in [-0.2, -0.15) is 0 Å². The number of nitrogens with zero attached hydrogens (tertiary/aromatic N) is 1. The number of aromatic nitrogens is 2. The summed E-state index contributed by atoms with van der Waals surface area (Å²) in [5, 5.41) is 1.46. The number of epoxide rings is 1. The molecule has 0 saturated carbocycles. The van der Waals surface area contributed by atoms with Gasteiger partial charge >= 0.3 is 0 Å². The maximum Gasteiger partial charge on any atom is 0.172 e. The molecule has 5 aromatic rings. The van der Waals surface area contributed by atoms with E-state index in [1.807, 2.05) is 0 Å². The lowest BCUT2D eigenvalue weighted by Crippen LogP contribution is -2.42. The summed E-state index contributed by atoms with van der Waals surface area (Å²) in [5.41, 5.74) is 2.05. The van der Waals surface area contributed by atoms with E-state index in [4.69, 9.17) is 9.47 Å². The van der Waals surface area contributed by atoms with Gasteiger partial charge in [0.1, 0.15) is 36.6 Å². The van der Waals surface area contributed by atoms with E-state index in [1.165, 1.54) is 36.4 Å². The molecule has 3 aliphatic rings. The molecule has 2 aromatic heterocycles. The smallest absolute Gasteiger partial charge is 0.172 e. The standard InChI is InChI=1S/C27H16F4N2O4/c28-8-17-22(31)25-26(37-25)27(36-17)33-14-4-2-10(30)6-12(14)19-21-16(35)7-15(34)20(21)18-11-5-9(29)1-3-13(11)32-23(18)24(19)33/h1-6,17,22,25-27,32H,7-8H2/t17-,22-,25-,26-,27?/m1/s1. The highest BCUT2D eigenvalue weighted by atomic mass is 19.1. The first-order valence-corrected chi connectivity index (χ1v) is 11.8. The Bertz CT molecular complexity index is 1880. The number of hydrogen-bond donors (Lipinski definition) is 1. The Kier molecular flexibility index (Phi) is 4.01. The highest BCUT2D eigenvalue weighted by Crippen LogP contribution is 2.50. The lowest BCUT2D eigenvalue weighted by molar-refractivity contribution is -0.112. The van der Waals surface area contributed by atoms with Gasteiger partial charge in [0.25, 0.3) is 0 Å². The quantitative estimate of drug-likeness (QED) is 0.196. The van der Waals surface area contributed by atoms with Crippen LogP contribution in [-0.4, -0.2) is 52.3 Å². The number of H-pyrrole nitrogens is 1. The SMILES string of the molecule is O=C1CC(=O)c2c1c1c3cc(F)ccc3[nH]c1c1c2c2cc(F)ccc2n1C1O[C@H](CF)[C@@H](F)[C@H]2O[C@@H]12. The molecule has 6 nitrogen and oxygen atoms in total. The van der Waals surface area contributed by atoms with E-state index in [-0.39, 0.29) is 17.5 Å². The molecule has 4 heterocycles. The number of carbonyl (C=O) groups excluding carboxylic acids is 2. The molecule has 1 aliphatic carbocycles. The summed E-state index contributed by atoms with van der Waals surface area (Å²) in [7, 11) is 0. The van der Waals surface area contributed by atoms with Crippen molar-refractivity contribution in [2.75, 3.05) is 6.67 Å². The van der Waals surface area contributed by atoms with Crippen LogP contribution >= 0.6 is 0 Å². The van der Waals surface area contributed by atoms with Crippen LogP contribution in [0.2, 0.25) is 0 Å². The molecule has 2 aliphatic heterocycles. The summed E-state index contributed by atoms with van der Waals surface area (Å²) in [5.74, 6) is -1.93. The number of carbonyl (C=O) groups is 2. The molecular formula is C27H16F4N2O4. The van der Waals surface area contributed by atoms with Gasteiger partial charge in [-0.25, -0.2) is 17.6 Å². The van der Waals surface area contributed by atoms with Gasteiger partial charge in [0.05, 0.1) is 23.0 Å². The van der Waals surface area contributed by atoms with Gasteiger partial charge in [-0.1, -0.05) is 0 Å². The van der Waals surface area contributed by atoms with E-state index in [2.05, 4.69) is 4.98 Å². The number of alkyl halides is 2. The molecule has 2 fully saturated rings. The Morgan fingerprint density at radius 1 is 0.919 bits per heavy atom. The highest BCUT2D eigenvalue weighted by Gasteiger charge is 2.59. The van der Waals surface area contributed by atoms with Crippen molar-refractivity contribution in [2.45, 2.75) is 37.1 Å².